The number of aromatic amines is 1. The van der Waals surface area contributed by atoms with E-state index in [0.717, 1.165) is 59.4 Å². The van der Waals surface area contributed by atoms with Crippen LogP contribution in [0.1, 0.15) is 165 Å². The second-order valence-corrected chi connectivity index (χ2v) is 35.0. The molecule has 0 aliphatic rings. The molecule has 1 aromatic carbocycles. The Kier molecular flexibility index (Phi) is 56.6. The number of nitrogens with two attached hydrogens (primary N) is 5. The van der Waals surface area contributed by atoms with Crippen LogP contribution < -0.4 is 151 Å². The summed E-state index contributed by atoms with van der Waals surface area (Å²) in [4.78, 5) is 334. The normalized spacial score (nSPS) is 14.7. The van der Waals surface area contributed by atoms with E-state index in [2.05, 4.69) is 153 Å². The van der Waals surface area contributed by atoms with Gasteiger partial charge in [0.05, 0.1) is 6.54 Å². The van der Waals surface area contributed by atoms with Gasteiger partial charge < -0.3 is 171 Å². The highest BCUT2D eigenvalue weighted by molar-refractivity contribution is 7.80. The zero-order valence-electron chi connectivity index (χ0n) is 83.0. The highest BCUT2D eigenvalue weighted by Gasteiger charge is 2.39. The number of aliphatic carboxylic acids is 3. The fourth-order valence-corrected chi connectivity index (χ4v) is 13.8. The van der Waals surface area contributed by atoms with E-state index in [1.54, 1.807) is 18.3 Å². The number of fused-ring (bicyclic) bond motifs is 1. The number of hydrogen-bond donors (Lipinski definition) is 37. The quantitative estimate of drug-likeness (QED) is 0.0127. The summed E-state index contributed by atoms with van der Waals surface area (Å²) < 4.78 is 0. The first-order valence-corrected chi connectivity index (χ1v) is 47.8. The summed E-state index contributed by atoms with van der Waals surface area (Å²) in [6, 6.07) is -22.1. The average molecular weight is 2130 g/mol. The van der Waals surface area contributed by atoms with Gasteiger partial charge in [0.2, 0.25) is 130 Å². The number of benzene rings is 1. The van der Waals surface area contributed by atoms with Crippen LogP contribution in [0.5, 0.6) is 0 Å². The summed E-state index contributed by atoms with van der Waals surface area (Å²) in [5.74, 6) is -28.6. The van der Waals surface area contributed by atoms with Gasteiger partial charge in [0, 0.05) is 87.3 Å². The standard InChI is InChI=1S/C86H138N32O28S2/c1-37(100-68(131)39(3)105-76(139)54(22-26-62(122)123)114-73(136)45(9)108-82(145)58(35-147)110-61(121)34-99-75(138)57(109-46(10)119)32-47-33-98-49-17-12-11-16-48(47)49)66(129)102-42(6)71(134)112-51(18-13-29-95-84(89)90)80(143)116-55(23-27-63(124)125)77(140)106-40(4)69(132)101-38(2)67(130)103-43(7)72(135)113-52(19-14-30-96-85(91)92)81(144)117-56(24-28-64(126)127)78(141)107-41(5)70(133)104-44(8)74(137)118-59(36-148)83(146)115-53(20-15-31-97-86(93)94)79(142)111-50(65(88)128)21-25-60(87)120/h11-12,16-17,33,37-45,50-59,98,147-148H,13-15,18-32,34-36H2,1-10H3,(H2,87,120)(H2,88,128)(H,99,138)(H,100,131)(H,101,132)(H,102,129)(H,103,130)(H,104,133)(H,105,139)(H,106,140)(H,107,141)(H,108,145)(H,109,119)(H,110,121)(H,111,142)(H,112,134)(H,113,135)(H,114,136)(H,115,146)(H,116,143)(H,117,144)(H,118,137)(H,122,123)(H,124,125)(H,126,127)(H4,89,90,95)(H4,91,92,96)(H4,93,94,97)/t37-,38-,39-,40-,41-,42-,43-,44-,45-,50-,51-,52-,53-,54-,55-,56-,57-,58-,59-/m0/s1. The maximum Gasteiger partial charge on any atom is 0.303 e. The molecule has 1 aromatic heterocycles. The van der Waals surface area contributed by atoms with Gasteiger partial charge in [0.15, 0.2) is 17.9 Å². The maximum atomic E-state index is 14.2. The molecule has 0 aliphatic carbocycles. The van der Waals surface area contributed by atoms with Crippen LogP contribution in [-0.2, 0) is 126 Å². The summed E-state index contributed by atoms with van der Waals surface area (Å²) in [7, 11) is 0. The Morgan fingerprint density at radius 3 is 0.845 bits per heavy atom. The first kappa shape index (κ1) is 128. The van der Waals surface area contributed by atoms with Crippen molar-refractivity contribution in [1.82, 2.24) is 127 Å². The third kappa shape index (κ3) is 49.1. The number of guanidine groups is 3. The molecule has 0 unspecified atom stereocenters. The number of carboxylic acids is 3. The number of rotatable bonds is 68. The SMILES string of the molecule is CC(=O)N[C@@H](Cc1c[nH]c2ccccc12)C(=O)NCC(=O)N[C@@H](CS)C(=O)N[C@@H](C)C(=O)N[C@@H](CCC(=O)O)C(=O)N[C@@H](C)C(=O)N[C@@H](C)C(=O)N[C@@H](C)C(=O)N[C@@H](CCCNC(=N)N)C(=O)N[C@@H](CCC(=O)O)C(=O)N[C@@H](C)C(=O)N[C@@H](C)C(=O)N[C@@H](C)C(=O)N[C@@H](CCCNC(=N)N)C(=O)N[C@@H](CCC(=O)O)C(=O)N[C@@H](C)C(=O)N[C@@H](C)C(=O)N[C@@H](CS)C(=O)N[C@@H](CCCNC(=N)N)C(=O)N[C@@H](CCC(N)=O)C(N)=O. The van der Waals surface area contributed by atoms with Crippen molar-refractivity contribution in [3.05, 3.63) is 36.0 Å². The van der Waals surface area contributed by atoms with Crippen LogP contribution in [0.25, 0.3) is 10.9 Å². The van der Waals surface area contributed by atoms with Crippen molar-refractivity contribution < 1.29 is 135 Å². The molecule has 0 bridgehead atoms. The molecule has 0 radical (unpaired) electrons. The van der Waals surface area contributed by atoms with Gasteiger partial charge in [-0.05, 0) is 138 Å². The fraction of sp³-hybridized carbons (Fsp3) is 0.581. The molecule has 19 atom stereocenters. The summed E-state index contributed by atoms with van der Waals surface area (Å²) >= 11 is 8.27. The number of carbonyl (C=O) groups is 25. The number of H-pyrrole nitrogens is 1. The number of aromatic nitrogens is 1. The van der Waals surface area contributed by atoms with Crippen molar-refractivity contribution in [3.63, 3.8) is 0 Å². The predicted octanol–water partition coefficient (Wildman–Crippen LogP) is -12.8. The number of thiol groups is 2. The number of amides is 22. The van der Waals surface area contributed by atoms with E-state index < -0.39 is 331 Å². The van der Waals surface area contributed by atoms with Crippen LogP contribution in [0, 0.1) is 16.2 Å². The van der Waals surface area contributed by atoms with E-state index in [1.165, 1.54) is 20.8 Å². The molecule has 22 amide bonds. The minimum atomic E-state index is -1.80. The van der Waals surface area contributed by atoms with Crippen molar-refractivity contribution in [1.29, 1.82) is 16.2 Å². The monoisotopic (exact) mass is 2130 g/mol. The van der Waals surface area contributed by atoms with E-state index in [9.17, 15) is 135 Å². The van der Waals surface area contributed by atoms with E-state index >= 15 is 0 Å². The Labute approximate surface area is 859 Å². The van der Waals surface area contributed by atoms with Crippen LogP contribution in [0.3, 0.4) is 0 Å². The van der Waals surface area contributed by atoms with E-state index in [0.29, 0.717) is 5.56 Å². The Balaban J connectivity index is 2.20. The largest absolute Gasteiger partial charge is 0.481 e. The predicted molar refractivity (Wildman–Crippen MR) is 532 cm³/mol. The van der Waals surface area contributed by atoms with Gasteiger partial charge in [-0.3, -0.25) is 136 Å². The highest BCUT2D eigenvalue weighted by atomic mass is 32.1. The molecule has 2 rings (SSSR count). The summed E-state index contributed by atoms with van der Waals surface area (Å²) in [6.45, 7) is 10.7. The van der Waals surface area contributed by atoms with Crippen molar-refractivity contribution in [3.8, 4) is 0 Å². The molecule has 0 saturated heterocycles. The molecule has 148 heavy (non-hydrogen) atoms. The van der Waals surface area contributed by atoms with E-state index in [-0.39, 0.29) is 83.2 Å². The molecule has 0 saturated carbocycles. The summed E-state index contributed by atoms with van der Waals surface area (Å²) in [6.07, 6.45) is -3.81. The molecule has 40 N–H and O–H groups in total. The van der Waals surface area contributed by atoms with Crippen molar-refractivity contribution >= 4 is 202 Å². The molecule has 0 aliphatic heterocycles. The van der Waals surface area contributed by atoms with Crippen molar-refractivity contribution in [2.24, 2.45) is 28.7 Å². The lowest BCUT2D eigenvalue weighted by atomic mass is 10.0. The highest BCUT2D eigenvalue weighted by Crippen LogP contribution is 2.20. The fourth-order valence-electron chi connectivity index (χ4n) is 13.3. The molecule has 60 nitrogen and oxygen atoms in total. The number of primary amides is 2. The Bertz CT molecular complexity index is 5110. The first-order chi connectivity index (χ1) is 69.3. The third-order valence-corrected chi connectivity index (χ3v) is 22.4. The topological polar surface area (TPSA) is 982 Å². The van der Waals surface area contributed by atoms with E-state index in [4.69, 9.17) is 44.9 Å². The zero-order chi connectivity index (χ0) is 112. The Hall–Kier alpha value is -16.0. The van der Waals surface area contributed by atoms with E-state index in [1.807, 2.05) is 12.1 Å². The van der Waals surface area contributed by atoms with Gasteiger partial charge in [0.1, 0.15) is 115 Å². The molecule has 0 spiro atoms. The molecular weight excluding hydrogens is 1990 g/mol. The van der Waals surface area contributed by atoms with Crippen LogP contribution in [0.15, 0.2) is 30.5 Å². The minimum Gasteiger partial charge on any atom is -0.481 e. The van der Waals surface area contributed by atoms with Gasteiger partial charge in [-0.25, -0.2) is 0 Å². The lowest BCUT2D eigenvalue weighted by Crippen LogP contribution is -2.60. The molecule has 62 heteroatoms. The van der Waals surface area contributed by atoms with Gasteiger partial charge in [0.25, 0.3) is 0 Å². The number of nitrogens with one attached hydrogen (secondary N) is 27. The van der Waals surface area contributed by atoms with Crippen LogP contribution in [-0.4, -0.2) is 339 Å². The number of carbonyl (C=O) groups excluding carboxylic acids is 22. The zero-order valence-corrected chi connectivity index (χ0v) is 84.8. The summed E-state index contributed by atoms with van der Waals surface area (Å²) in [5, 5.41) is 107. The van der Waals surface area contributed by atoms with Crippen LogP contribution in [0.2, 0.25) is 0 Å². The molecule has 1 heterocycles. The first-order valence-electron chi connectivity index (χ1n) is 46.5. The van der Waals surface area contributed by atoms with Gasteiger partial charge >= 0.3 is 17.9 Å². The van der Waals surface area contributed by atoms with Gasteiger partial charge in [-0.1, -0.05) is 18.2 Å². The molecule has 822 valence electrons. The van der Waals surface area contributed by atoms with Crippen LogP contribution in [0.4, 0.5) is 0 Å². The lowest BCUT2D eigenvalue weighted by molar-refractivity contribution is -0.139. The summed E-state index contributed by atoms with van der Waals surface area (Å²) in [5.41, 5.74) is 28.3. The second kappa shape index (κ2) is 65.4. The third-order valence-electron chi connectivity index (χ3n) is 21.7. The average Bonchev–Trinajstić information content (AvgIpc) is 1.68. The smallest absolute Gasteiger partial charge is 0.303 e. The van der Waals surface area contributed by atoms with Crippen molar-refractivity contribution in [2.45, 2.75) is 280 Å². The number of carboxylic acid groups (broad SMARTS) is 3. The van der Waals surface area contributed by atoms with Crippen molar-refractivity contribution in [2.75, 3.05) is 37.7 Å². The second-order valence-electron chi connectivity index (χ2n) is 34.2. The Morgan fingerprint density at radius 1 is 0.304 bits per heavy atom. The molecule has 0 fully saturated rings. The Morgan fingerprint density at radius 2 is 0.554 bits per heavy atom. The van der Waals surface area contributed by atoms with Gasteiger partial charge in [-0.15, -0.1) is 0 Å². The molecular formula is C86H138N32O28S2. The minimum absolute atomic E-state index is 0.0413. The van der Waals surface area contributed by atoms with Crippen LogP contribution >= 0.6 is 25.3 Å². The number of para-hydroxylation sites is 1. The van der Waals surface area contributed by atoms with Gasteiger partial charge in [-0.2, -0.15) is 25.3 Å². The maximum absolute atomic E-state index is 14.2. The molecule has 2 aromatic rings. The lowest BCUT2D eigenvalue weighted by Gasteiger charge is -2.26. The number of hydrogen-bond acceptors (Lipinski definition) is 30.